The summed E-state index contributed by atoms with van der Waals surface area (Å²) in [7, 11) is 3.97. The molecular formula is C24H28N2O2. The van der Waals surface area contributed by atoms with Crippen molar-refractivity contribution in [1.82, 2.24) is 9.88 Å². The van der Waals surface area contributed by atoms with E-state index in [0.717, 1.165) is 42.6 Å². The number of methoxy groups -OCH3 is 1. The van der Waals surface area contributed by atoms with Gasteiger partial charge < -0.3 is 14.6 Å². The number of benzene rings is 2. The number of fused-ring (bicyclic) bond motifs is 2. The van der Waals surface area contributed by atoms with E-state index in [0.29, 0.717) is 5.92 Å². The summed E-state index contributed by atoms with van der Waals surface area (Å²) in [6, 6.07) is 14.2. The lowest BCUT2D eigenvalue weighted by atomic mass is 9.82. The lowest BCUT2D eigenvalue weighted by Gasteiger charge is -2.30. The normalized spacial score (nSPS) is 16.3. The Morgan fingerprint density at radius 1 is 1.21 bits per heavy atom. The number of aromatic nitrogens is 1. The highest BCUT2D eigenvalue weighted by Crippen LogP contribution is 2.36. The van der Waals surface area contributed by atoms with Crippen LogP contribution in [0, 0.1) is 0 Å². The van der Waals surface area contributed by atoms with Crippen LogP contribution in [0.25, 0.3) is 10.9 Å². The summed E-state index contributed by atoms with van der Waals surface area (Å²) >= 11 is 0. The minimum atomic E-state index is 0.0730. The van der Waals surface area contributed by atoms with Gasteiger partial charge in [-0.3, -0.25) is 4.79 Å². The van der Waals surface area contributed by atoms with Crippen molar-refractivity contribution in [2.24, 2.45) is 0 Å². The van der Waals surface area contributed by atoms with E-state index in [1.165, 1.54) is 29.5 Å². The maximum Gasteiger partial charge on any atom is 0.189 e. The number of likely N-dealkylation sites (N-methyl/N-ethyl adjacent to an activating group) is 1. The summed E-state index contributed by atoms with van der Waals surface area (Å²) in [5, 5.41) is 0.757. The van der Waals surface area contributed by atoms with Crippen LogP contribution in [-0.2, 0) is 12.8 Å². The molecule has 1 aromatic heterocycles. The zero-order valence-electron chi connectivity index (χ0n) is 16.7. The zero-order chi connectivity index (χ0) is 19.5. The van der Waals surface area contributed by atoms with Gasteiger partial charge in [-0.2, -0.15) is 0 Å². The molecule has 3 aromatic rings. The van der Waals surface area contributed by atoms with E-state index < -0.39 is 0 Å². The zero-order valence-corrected chi connectivity index (χ0v) is 16.7. The van der Waals surface area contributed by atoms with Crippen molar-refractivity contribution < 1.29 is 4.74 Å². The van der Waals surface area contributed by atoms with Crippen LogP contribution < -0.4 is 10.2 Å². The number of pyridine rings is 1. The van der Waals surface area contributed by atoms with E-state index in [2.05, 4.69) is 47.3 Å². The molecule has 1 aliphatic rings. The van der Waals surface area contributed by atoms with Crippen molar-refractivity contribution in [3.8, 4) is 5.75 Å². The molecule has 1 atom stereocenters. The van der Waals surface area contributed by atoms with Gasteiger partial charge in [0.15, 0.2) is 5.43 Å². The number of ether oxygens (including phenoxy) is 1. The van der Waals surface area contributed by atoms with Crippen LogP contribution in [0.2, 0.25) is 0 Å². The molecule has 0 spiro atoms. The van der Waals surface area contributed by atoms with E-state index in [1.54, 1.807) is 19.4 Å². The summed E-state index contributed by atoms with van der Waals surface area (Å²) in [4.78, 5) is 17.5. The van der Waals surface area contributed by atoms with Gasteiger partial charge in [-0.1, -0.05) is 18.2 Å². The standard InChI is InChI=1S/C24H28N2O2/c1-26(14-12-17-9-10-21-22(15-17)25-13-11-23(21)27)16-18-5-3-7-20-19(18)6-4-8-24(20)28-2/h4,6,8-11,13,15,18H,3,5,7,12,14,16H2,1-2H3,(H,25,27). The lowest BCUT2D eigenvalue weighted by molar-refractivity contribution is 0.299. The highest BCUT2D eigenvalue weighted by molar-refractivity contribution is 5.78. The first-order valence-corrected chi connectivity index (χ1v) is 10.1. The predicted octanol–water partition coefficient (Wildman–Crippen LogP) is 4.13. The van der Waals surface area contributed by atoms with E-state index in [1.807, 2.05) is 6.07 Å². The van der Waals surface area contributed by atoms with Gasteiger partial charge in [-0.05, 0) is 73.5 Å². The van der Waals surface area contributed by atoms with Crippen molar-refractivity contribution >= 4 is 10.9 Å². The Hall–Kier alpha value is -2.59. The molecule has 1 unspecified atom stereocenters. The molecule has 0 radical (unpaired) electrons. The fourth-order valence-electron chi connectivity index (χ4n) is 4.46. The van der Waals surface area contributed by atoms with Crippen LogP contribution in [0.3, 0.4) is 0 Å². The van der Waals surface area contributed by atoms with E-state index >= 15 is 0 Å². The van der Waals surface area contributed by atoms with Crippen LogP contribution in [0.15, 0.2) is 53.5 Å². The molecule has 4 heteroatoms. The first-order chi connectivity index (χ1) is 13.7. The third-order valence-corrected chi connectivity index (χ3v) is 5.95. The lowest BCUT2D eigenvalue weighted by Crippen LogP contribution is -2.28. The molecule has 0 fully saturated rings. The Kier molecular flexibility index (Phi) is 5.49. The number of rotatable bonds is 6. The molecule has 1 heterocycles. The molecule has 0 aliphatic heterocycles. The van der Waals surface area contributed by atoms with Gasteiger partial charge in [0, 0.05) is 36.3 Å². The van der Waals surface area contributed by atoms with Crippen LogP contribution in [-0.4, -0.2) is 37.1 Å². The molecule has 0 saturated heterocycles. The average Bonchev–Trinajstić information content (AvgIpc) is 2.72. The van der Waals surface area contributed by atoms with Crippen molar-refractivity contribution in [3.63, 3.8) is 0 Å². The quantitative estimate of drug-likeness (QED) is 0.703. The number of nitrogens with zero attached hydrogens (tertiary/aromatic N) is 1. The maximum atomic E-state index is 11.9. The molecule has 0 saturated carbocycles. The van der Waals surface area contributed by atoms with Crippen molar-refractivity contribution in [1.29, 1.82) is 0 Å². The fraction of sp³-hybridized carbons (Fsp3) is 0.375. The van der Waals surface area contributed by atoms with Gasteiger partial charge in [0.2, 0.25) is 0 Å². The van der Waals surface area contributed by atoms with Gasteiger partial charge in [0.05, 0.1) is 7.11 Å². The Morgan fingerprint density at radius 3 is 2.96 bits per heavy atom. The van der Waals surface area contributed by atoms with Gasteiger partial charge in [-0.15, -0.1) is 0 Å². The smallest absolute Gasteiger partial charge is 0.189 e. The topological polar surface area (TPSA) is 45.3 Å². The van der Waals surface area contributed by atoms with Gasteiger partial charge in [0.25, 0.3) is 0 Å². The molecular weight excluding hydrogens is 348 g/mol. The highest BCUT2D eigenvalue weighted by atomic mass is 16.5. The van der Waals surface area contributed by atoms with E-state index in [4.69, 9.17) is 4.74 Å². The van der Waals surface area contributed by atoms with Gasteiger partial charge >= 0.3 is 0 Å². The number of nitrogens with one attached hydrogen (secondary N) is 1. The Balaban J connectivity index is 1.42. The Morgan fingerprint density at radius 2 is 2.11 bits per heavy atom. The number of hydrogen-bond donors (Lipinski definition) is 1. The number of aromatic amines is 1. The molecule has 4 rings (SSSR count). The second kappa shape index (κ2) is 8.19. The summed E-state index contributed by atoms with van der Waals surface area (Å²) in [6.07, 6.45) is 6.27. The number of hydrogen-bond acceptors (Lipinski definition) is 3. The van der Waals surface area contributed by atoms with Crippen molar-refractivity contribution in [2.45, 2.75) is 31.6 Å². The van der Waals surface area contributed by atoms with Crippen LogP contribution in [0.5, 0.6) is 5.75 Å². The fourth-order valence-corrected chi connectivity index (χ4v) is 4.46. The molecule has 146 valence electrons. The van der Waals surface area contributed by atoms with Crippen LogP contribution in [0.1, 0.15) is 35.4 Å². The van der Waals surface area contributed by atoms with Crippen molar-refractivity contribution in [3.05, 3.63) is 75.6 Å². The average molecular weight is 376 g/mol. The number of H-pyrrole nitrogens is 1. The highest BCUT2D eigenvalue weighted by Gasteiger charge is 2.23. The molecule has 1 N–H and O–H groups in total. The second-order valence-corrected chi connectivity index (χ2v) is 7.85. The summed E-state index contributed by atoms with van der Waals surface area (Å²) in [5.74, 6) is 1.60. The molecule has 4 nitrogen and oxygen atoms in total. The third kappa shape index (κ3) is 3.83. The minimum Gasteiger partial charge on any atom is -0.496 e. The summed E-state index contributed by atoms with van der Waals surface area (Å²) < 4.78 is 5.58. The van der Waals surface area contributed by atoms with E-state index in [-0.39, 0.29) is 5.43 Å². The first-order valence-electron chi connectivity index (χ1n) is 10.1. The van der Waals surface area contributed by atoms with Gasteiger partial charge in [0.1, 0.15) is 5.75 Å². The van der Waals surface area contributed by atoms with Crippen LogP contribution in [0.4, 0.5) is 0 Å². The molecule has 28 heavy (non-hydrogen) atoms. The van der Waals surface area contributed by atoms with Gasteiger partial charge in [-0.25, -0.2) is 0 Å². The van der Waals surface area contributed by atoms with E-state index in [9.17, 15) is 4.79 Å². The second-order valence-electron chi connectivity index (χ2n) is 7.85. The Bertz CT molecular complexity index is 1020. The van der Waals surface area contributed by atoms with Crippen molar-refractivity contribution in [2.75, 3.05) is 27.2 Å². The summed E-state index contributed by atoms with van der Waals surface area (Å²) in [6.45, 7) is 2.06. The largest absolute Gasteiger partial charge is 0.496 e. The first kappa shape index (κ1) is 18.8. The third-order valence-electron chi connectivity index (χ3n) is 5.95. The van der Waals surface area contributed by atoms with Crippen LogP contribution >= 0.6 is 0 Å². The molecule has 2 aromatic carbocycles. The minimum absolute atomic E-state index is 0.0730. The Labute approximate surface area is 166 Å². The molecule has 0 bridgehead atoms. The molecule has 1 aliphatic carbocycles. The molecule has 0 amide bonds. The monoisotopic (exact) mass is 376 g/mol. The SMILES string of the molecule is COc1cccc2c1CCCC2CN(C)CCc1ccc2c(=O)cc[nH]c2c1. The summed E-state index contributed by atoms with van der Waals surface area (Å²) in [5.41, 5.74) is 5.10. The predicted molar refractivity (Wildman–Crippen MR) is 114 cm³/mol. The maximum absolute atomic E-state index is 11.9.